The monoisotopic (exact) mass is 169 g/mol. The van der Waals surface area contributed by atoms with Crippen molar-refractivity contribution >= 4 is 5.69 Å². The Kier molecular flexibility index (Phi) is 2.28. The van der Waals surface area contributed by atoms with Crippen LogP contribution in [0, 0.1) is 0 Å². The molecule has 0 unspecified atom stereocenters. The highest BCUT2D eigenvalue weighted by atomic mass is 16.3. The minimum absolute atomic E-state index is 0.328. The summed E-state index contributed by atoms with van der Waals surface area (Å²) in [4.78, 5) is 0. The molecule has 0 saturated carbocycles. The third-order valence-corrected chi connectivity index (χ3v) is 1.45. The van der Waals surface area contributed by atoms with Crippen LogP contribution in [-0.2, 0) is 0 Å². The van der Waals surface area contributed by atoms with Gasteiger partial charge in [-0.05, 0) is 6.92 Å². The van der Waals surface area contributed by atoms with Gasteiger partial charge in [-0.3, -0.25) is 0 Å². The predicted octanol–water partition coefficient (Wildman–Crippen LogP) is 1.24. The van der Waals surface area contributed by atoms with E-state index in [0.29, 0.717) is 12.2 Å². The summed E-state index contributed by atoms with van der Waals surface area (Å²) in [5.41, 5.74) is 0.574. The molecule has 1 rings (SSSR count). The predicted molar refractivity (Wildman–Crippen MR) is 45.6 cm³/mol. The summed E-state index contributed by atoms with van der Waals surface area (Å²) >= 11 is 0. The molecule has 0 aliphatic carbocycles. The molecule has 4 N–H and O–H groups in total. The number of benzene rings is 1. The van der Waals surface area contributed by atoms with Crippen LogP contribution < -0.4 is 5.32 Å². The van der Waals surface area contributed by atoms with E-state index in [-0.39, 0.29) is 11.5 Å². The van der Waals surface area contributed by atoms with Gasteiger partial charge in [-0.25, -0.2) is 0 Å². The molecule has 0 atom stereocenters. The van der Waals surface area contributed by atoms with Gasteiger partial charge >= 0.3 is 0 Å². The maximum Gasteiger partial charge on any atom is 0.200 e. The lowest BCUT2D eigenvalue weighted by Crippen LogP contribution is -1.95. The van der Waals surface area contributed by atoms with Gasteiger partial charge in [0, 0.05) is 24.4 Å². The normalized spacial score (nSPS) is 9.75. The minimum atomic E-state index is -0.489. The third kappa shape index (κ3) is 1.53. The van der Waals surface area contributed by atoms with Crippen LogP contribution in [0.4, 0.5) is 5.69 Å². The number of nitrogens with one attached hydrogen (secondary N) is 1. The summed E-state index contributed by atoms with van der Waals surface area (Å²) in [6.07, 6.45) is 0. The van der Waals surface area contributed by atoms with E-state index in [1.54, 1.807) is 0 Å². The quantitative estimate of drug-likeness (QED) is 0.397. The second-order valence-electron chi connectivity index (χ2n) is 2.39. The average Bonchev–Trinajstić information content (AvgIpc) is 2.01. The number of rotatable bonds is 2. The summed E-state index contributed by atoms with van der Waals surface area (Å²) in [5.74, 6) is -1.14. The number of phenols is 3. The van der Waals surface area contributed by atoms with E-state index in [2.05, 4.69) is 5.32 Å². The lowest BCUT2D eigenvalue weighted by Gasteiger charge is -2.06. The zero-order valence-electron chi connectivity index (χ0n) is 6.70. The number of aromatic hydroxyl groups is 3. The van der Waals surface area contributed by atoms with Crippen LogP contribution in [0.5, 0.6) is 17.2 Å². The fraction of sp³-hybridized carbons (Fsp3) is 0.250. The van der Waals surface area contributed by atoms with Crippen LogP contribution in [0.25, 0.3) is 0 Å². The van der Waals surface area contributed by atoms with E-state index >= 15 is 0 Å². The van der Waals surface area contributed by atoms with Crippen molar-refractivity contribution in [3.05, 3.63) is 12.1 Å². The molecular weight excluding hydrogens is 158 g/mol. The highest BCUT2D eigenvalue weighted by Gasteiger charge is 2.06. The minimum Gasteiger partial charge on any atom is -0.504 e. The molecule has 1 aromatic carbocycles. The highest BCUT2D eigenvalue weighted by Crippen LogP contribution is 2.37. The number of phenolic OH excluding ortho intramolecular Hbond substituents is 3. The van der Waals surface area contributed by atoms with Crippen LogP contribution in [-0.4, -0.2) is 21.9 Å². The smallest absolute Gasteiger partial charge is 0.200 e. The maximum atomic E-state index is 9.06. The van der Waals surface area contributed by atoms with Crippen molar-refractivity contribution in [2.24, 2.45) is 0 Å². The number of hydrogen-bond donors (Lipinski definition) is 4. The molecule has 66 valence electrons. The molecule has 0 fully saturated rings. The first kappa shape index (κ1) is 8.52. The van der Waals surface area contributed by atoms with Gasteiger partial charge < -0.3 is 20.6 Å². The molecule has 0 aliphatic heterocycles. The van der Waals surface area contributed by atoms with Gasteiger partial charge in [0.1, 0.15) is 0 Å². The number of anilines is 1. The van der Waals surface area contributed by atoms with E-state index in [0.717, 1.165) is 0 Å². The Morgan fingerprint density at radius 2 is 1.67 bits per heavy atom. The summed E-state index contributed by atoms with van der Waals surface area (Å²) in [5, 5.41) is 30.0. The van der Waals surface area contributed by atoms with Gasteiger partial charge in [0.2, 0.25) is 0 Å². The largest absolute Gasteiger partial charge is 0.504 e. The zero-order valence-corrected chi connectivity index (χ0v) is 6.70. The molecule has 1 aromatic rings. The van der Waals surface area contributed by atoms with E-state index < -0.39 is 5.75 Å². The Balaban J connectivity index is 3.04. The summed E-state index contributed by atoms with van der Waals surface area (Å²) in [7, 11) is 0. The van der Waals surface area contributed by atoms with Gasteiger partial charge in [0.15, 0.2) is 17.2 Å². The Morgan fingerprint density at radius 1 is 1.17 bits per heavy atom. The van der Waals surface area contributed by atoms with Crippen LogP contribution >= 0.6 is 0 Å². The lowest BCUT2D eigenvalue weighted by atomic mass is 10.2. The fourth-order valence-electron chi connectivity index (χ4n) is 0.910. The van der Waals surface area contributed by atoms with Gasteiger partial charge in [0.25, 0.3) is 0 Å². The van der Waals surface area contributed by atoms with Gasteiger partial charge in [0.05, 0.1) is 0 Å². The highest BCUT2D eigenvalue weighted by molar-refractivity contribution is 5.60. The summed E-state index contributed by atoms with van der Waals surface area (Å²) in [6.45, 7) is 2.57. The first-order valence-corrected chi connectivity index (χ1v) is 3.64. The van der Waals surface area contributed by atoms with Crippen molar-refractivity contribution in [2.75, 3.05) is 11.9 Å². The molecule has 0 amide bonds. The lowest BCUT2D eigenvalue weighted by molar-refractivity contribution is 0.368. The molecule has 0 heterocycles. The molecule has 0 aliphatic rings. The molecule has 0 bridgehead atoms. The molecular formula is C8H11NO3. The standard InChI is InChI=1S/C8H11NO3/c1-2-9-5-3-6(10)8(12)7(11)4-5/h3-4,9-12H,2H2,1H3. The van der Waals surface area contributed by atoms with Crippen molar-refractivity contribution in [3.8, 4) is 17.2 Å². The van der Waals surface area contributed by atoms with Crippen LogP contribution in [0.3, 0.4) is 0 Å². The average molecular weight is 169 g/mol. The molecule has 0 aromatic heterocycles. The Bertz CT molecular complexity index is 263. The van der Waals surface area contributed by atoms with Gasteiger partial charge in [-0.15, -0.1) is 0 Å². The Labute approximate surface area is 70.1 Å². The van der Waals surface area contributed by atoms with E-state index in [1.165, 1.54) is 12.1 Å². The van der Waals surface area contributed by atoms with Crippen molar-refractivity contribution < 1.29 is 15.3 Å². The summed E-state index contributed by atoms with van der Waals surface area (Å²) in [6, 6.07) is 2.69. The first-order chi connectivity index (χ1) is 5.65. The second kappa shape index (κ2) is 3.21. The van der Waals surface area contributed by atoms with Crippen molar-refractivity contribution in [3.63, 3.8) is 0 Å². The van der Waals surface area contributed by atoms with E-state index in [1.807, 2.05) is 6.92 Å². The van der Waals surface area contributed by atoms with Gasteiger partial charge in [-0.1, -0.05) is 0 Å². The zero-order chi connectivity index (χ0) is 9.14. The Hall–Kier alpha value is -1.58. The summed E-state index contributed by atoms with van der Waals surface area (Å²) < 4.78 is 0. The molecule has 4 nitrogen and oxygen atoms in total. The molecule has 0 radical (unpaired) electrons. The van der Waals surface area contributed by atoms with Crippen LogP contribution in [0.2, 0.25) is 0 Å². The molecule has 12 heavy (non-hydrogen) atoms. The van der Waals surface area contributed by atoms with E-state index in [9.17, 15) is 0 Å². The first-order valence-electron chi connectivity index (χ1n) is 3.64. The van der Waals surface area contributed by atoms with Crippen molar-refractivity contribution in [2.45, 2.75) is 6.92 Å². The van der Waals surface area contributed by atoms with Crippen LogP contribution in [0.1, 0.15) is 6.92 Å². The maximum absolute atomic E-state index is 9.06. The third-order valence-electron chi connectivity index (χ3n) is 1.45. The van der Waals surface area contributed by atoms with Crippen molar-refractivity contribution in [1.82, 2.24) is 0 Å². The van der Waals surface area contributed by atoms with Gasteiger partial charge in [-0.2, -0.15) is 0 Å². The number of hydrogen-bond acceptors (Lipinski definition) is 4. The second-order valence-corrected chi connectivity index (χ2v) is 2.39. The van der Waals surface area contributed by atoms with Crippen molar-refractivity contribution in [1.29, 1.82) is 0 Å². The SMILES string of the molecule is CCNc1cc(O)c(O)c(O)c1. The fourth-order valence-corrected chi connectivity index (χ4v) is 0.910. The van der Waals surface area contributed by atoms with Crippen LogP contribution in [0.15, 0.2) is 12.1 Å². The molecule has 0 spiro atoms. The molecule has 4 heteroatoms. The van der Waals surface area contributed by atoms with E-state index in [4.69, 9.17) is 15.3 Å². The topological polar surface area (TPSA) is 72.7 Å². The Morgan fingerprint density at radius 3 is 2.08 bits per heavy atom. The molecule has 0 saturated heterocycles.